The molecular weight excluding hydrogens is 360 g/mol. The van der Waals surface area contributed by atoms with Gasteiger partial charge in [-0.25, -0.2) is 4.68 Å². The standard InChI is InChI=1S/C24H28N4O/c1-27(2)21(15-18-9-5-3-6-10-18)17-25-24(29)23-16-22(19-13-14-19)26-28(23)20-11-7-4-8-12-20/h3-12,16,19,21H,13-15,17H2,1-2H3,(H,25,29)/t21-/m0/s1. The first-order chi connectivity index (χ1) is 14.1. The van der Waals surface area contributed by atoms with Crippen molar-refractivity contribution in [3.8, 4) is 5.69 Å². The van der Waals surface area contributed by atoms with Crippen molar-refractivity contribution in [2.45, 2.75) is 31.2 Å². The Hall–Kier alpha value is -2.92. The smallest absolute Gasteiger partial charge is 0.270 e. The Labute approximate surface area is 172 Å². The number of carbonyl (C=O) groups excluding carboxylic acids is 1. The maximum atomic E-state index is 13.1. The molecule has 0 bridgehead atoms. The molecule has 0 unspecified atom stereocenters. The van der Waals surface area contributed by atoms with E-state index in [9.17, 15) is 4.79 Å². The minimum Gasteiger partial charge on any atom is -0.349 e. The summed E-state index contributed by atoms with van der Waals surface area (Å²) >= 11 is 0. The van der Waals surface area contributed by atoms with Gasteiger partial charge in [-0.15, -0.1) is 0 Å². The summed E-state index contributed by atoms with van der Waals surface area (Å²) in [6.07, 6.45) is 3.21. The number of carbonyl (C=O) groups is 1. The second-order valence-electron chi connectivity index (χ2n) is 7.99. The van der Waals surface area contributed by atoms with Crippen LogP contribution in [-0.4, -0.2) is 47.3 Å². The summed E-state index contributed by atoms with van der Waals surface area (Å²) in [4.78, 5) is 15.2. The lowest BCUT2D eigenvalue weighted by molar-refractivity contribution is 0.0934. The molecule has 29 heavy (non-hydrogen) atoms. The van der Waals surface area contributed by atoms with Gasteiger partial charge in [-0.1, -0.05) is 48.5 Å². The molecule has 1 aromatic heterocycles. The number of amides is 1. The van der Waals surface area contributed by atoms with E-state index in [0.29, 0.717) is 18.2 Å². The van der Waals surface area contributed by atoms with Gasteiger partial charge in [0.1, 0.15) is 5.69 Å². The molecule has 1 N–H and O–H groups in total. The van der Waals surface area contributed by atoms with E-state index in [-0.39, 0.29) is 11.9 Å². The van der Waals surface area contributed by atoms with Crippen LogP contribution in [0.1, 0.15) is 40.5 Å². The topological polar surface area (TPSA) is 50.2 Å². The van der Waals surface area contributed by atoms with Gasteiger partial charge in [0.05, 0.1) is 11.4 Å². The van der Waals surface area contributed by atoms with Crippen LogP contribution in [0.4, 0.5) is 0 Å². The second kappa shape index (κ2) is 8.62. The highest BCUT2D eigenvalue weighted by Gasteiger charge is 2.29. The van der Waals surface area contributed by atoms with Gasteiger partial charge in [0.2, 0.25) is 0 Å². The molecule has 1 fully saturated rings. The van der Waals surface area contributed by atoms with Crippen LogP contribution < -0.4 is 5.32 Å². The van der Waals surface area contributed by atoms with Crippen LogP contribution in [0.5, 0.6) is 0 Å². The lowest BCUT2D eigenvalue weighted by Crippen LogP contribution is -2.42. The number of likely N-dealkylation sites (N-methyl/N-ethyl adjacent to an activating group) is 1. The minimum absolute atomic E-state index is 0.0758. The predicted octanol–water partition coefficient (Wildman–Crippen LogP) is 3.65. The Morgan fingerprint density at radius 3 is 2.38 bits per heavy atom. The van der Waals surface area contributed by atoms with E-state index < -0.39 is 0 Å². The molecule has 1 saturated carbocycles. The highest BCUT2D eigenvalue weighted by molar-refractivity contribution is 5.93. The summed E-state index contributed by atoms with van der Waals surface area (Å²) in [5.41, 5.74) is 3.81. The van der Waals surface area contributed by atoms with Crippen molar-refractivity contribution in [2.75, 3.05) is 20.6 Å². The molecule has 4 rings (SSSR count). The summed E-state index contributed by atoms with van der Waals surface area (Å²) < 4.78 is 1.78. The van der Waals surface area contributed by atoms with Crippen molar-refractivity contribution in [1.82, 2.24) is 20.0 Å². The van der Waals surface area contributed by atoms with Crippen molar-refractivity contribution < 1.29 is 4.79 Å². The van der Waals surface area contributed by atoms with Crippen molar-refractivity contribution in [3.05, 3.63) is 83.7 Å². The van der Waals surface area contributed by atoms with E-state index in [4.69, 9.17) is 5.10 Å². The molecule has 3 aromatic rings. The molecule has 0 radical (unpaired) electrons. The molecule has 0 spiro atoms. The van der Waals surface area contributed by atoms with Gasteiger partial charge >= 0.3 is 0 Å². The molecule has 0 aliphatic heterocycles. The van der Waals surface area contributed by atoms with Gasteiger partial charge in [0.25, 0.3) is 5.91 Å². The molecule has 1 heterocycles. The van der Waals surface area contributed by atoms with E-state index in [1.807, 2.05) is 42.5 Å². The molecule has 0 saturated heterocycles. The summed E-state index contributed by atoms with van der Waals surface area (Å²) in [6.45, 7) is 0.583. The average Bonchev–Trinajstić information content (AvgIpc) is 3.50. The minimum atomic E-state index is -0.0758. The zero-order valence-electron chi connectivity index (χ0n) is 17.1. The molecule has 5 nitrogen and oxygen atoms in total. The average molecular weight is 389 g/mol. The van der Waals surface area contributed by atoms with Gasteiger partial charge in [-0.05, 0) is 57.1 Å². The maximum absolute atomic E-state index is 13.1. The van der Waals surface area contributed by atoms with E-state index >= 15 is 0 Å². The Morgan fingerprint density at radius 1 is 1.10 bits per heavy atom. The molecule has 1 aliphatic rings. The van der Waals surface area contributed by atoms with Crippen molar-refractivity contribution in [1.29, 1.82) is 0 Å². The van der Waals surface area contributed by atoms with Crippen LogP contribution in [-0.2, 0) is 6.42 Å². The Bertz CT molecular complexity index is 946. The van der Waals surface area contributed by atoms with Crippen LogP contribution in [0, 0.1) is 0 Å². The molecule has 5 heteroatoms. The van der Waals surface area contributed by atoms with Crippen molar-refractivity contribution >= 4 is 5.91 Å². The molecule has 150 valence electrons. The van der Waals surface area contributed by atoms with Crippen LogP contribution in [0.2, 0.25) is 0 Å². The summed E-state index contributed by atoms with van der Waals surface area (Å²) in [5, 5.41) is 7.88. The fraction of sp³-hybridized carbons (Fsp3) is 0.333. The van der Waals surface area contributed by atoms with Crippen LogP contribution in [0.3, 0.4) is 0 Å². The largest absolute Gasteiger partial charge is 0.349 e. The van der Waals surface area contributed by atoms with Gasteiger partial charge in [-0.3, -0.25) is 4.79 Å². The number of hydrogen-bond donors (Lipinski definition) is 1. The third-order valence-electron chi connectivity index (χ3n) is 5.50. The van der Waals surface area contributed by atoms with E-state index in [1.165, 1.54) is 5.56 Å². The quantitative estimate of drug-likeness (QED) is 0.641. The Kier molecular flexibility index (Phi) is 5.76. The summed E-state index contributed by atoms with van der Waals surface area (Å²) in [6, 6.07) is 22.5. The molecule has 1 aliphatic carbocycles. The summed E-state index contributed by atoms with van der Waals surface area (Å²) in [5.74, 6) is 0.423. The molecule has 1 atom stereocenters. The number of nitrogens with one attached hydrogen (secondary N) is 1. The van der Waals surface area contributed by atoms with Gasteiger partial charge in [0.15, 0.2) is 0 Å². The van der Waals surface area contributed by atoms with Gasteiger partial charge in [0, 0.05) is 18.5 Å². The normalized spacial score (nSPS) is 14.7. The first-order valence-electron chi connectivity index (χ1n) is 10.3. The van der Waals surface area contributed by atoms with E-state index in [0.717, 1.165) is 30.6 Å². The number of para-hydroxylation sites is 1. The maximum Gasteiger partial charge on any atom is 0.270 e. The second-order valence-corrected chi connectivity index (χ2v) is 7.99. The lowest BCUT2D eigenvalue weighted by Gasteiger charge is -2.24. The fourth-order valence-corrected chi connectivity index (χ4v) is 3.53. The van der Waals surface area contributed by atoms with Crippen LogP contribution in [0.15, 0.2) is 66.7 Å². The van der Waals surface area contributed by atoms with Crippen LogP contribution in [0.25, 0.3) is 5.69 Å². The number of rotatable bonds is 8. The van der Waals surface area contributed by atoms with Gasteiger partial charge < -0.3 is 10.2 Å². The highest BCUT2D eigenvalue weighted by atomic mass is 16.2. The highest BCUT2D eigenvalue weighted by Crippen LogP contribution is 2.39. The number of hydrogen-bond acceptors (Lipinski definition) is 3. The first-order valence-corrected chi connectivity index (χ1v) is 10.3. The Balaban J connectivity index is 1.50. The molecular formula is C24H28N4O. The van der Waals surface area contributed by atoms with Crippen LogP contribution >= 0.6 is 0 Å². The zero-order chi connectivity index (χ0) is 20.2. The monoisotopic (exact) mass is 388 g/mol. The Morgan fingerprint density at radius 2 is 1.76 bits per heavy atom. The zero-order valence-corrected chi connectivity index (χ0v) is 17.1. The van der Waals surface area contributed by atoms with Crippen molar-refractivity contribution in [3.63, 3.8) is 0 Å². The fourth-order valence-electron chi connectivity index (χ4n) is 3.53. The first kappa shape index (κ1) is 19.4. The van der Waals surface area contributed by atoms with Gasteiger partial charge in [-0.2, -0.15) is 5.10 Å². The van der Waals surface area contributed by atoms with E-state index in [2.05, 4.69) is 48.6 Å². The molecule has 1 amide bonds. The number of benzene rings is 2. The number of nitrogens with zero attached hydrogens (tertiary/aromatic N) is 3. The summed E-state index contributed by atoms with van der Waals surface area (Å²) in [7, 11) is 4.11. The van der Waals surface area contributed by atoms with E-state index in [1.54, 1.807) is 4.68 Å². The lowest BCUT2D eigenvalue weighted by atomic mass is 10.1. The third-order valence-corrected chi connectivity index (χ3v) is 5.50. The third kappa shape index (κ3) is 4.74. The van der Waals surface area contributed by atoms with Crippen molar-refractivity contribution in [2.24, 2.45) is 0 Å². The number of aromatic nitrogens is 2. The SMILES string of the molecule is CN(C)[C@H](CNC(=O)c1cc(C2CC2)nn1-c1ccccc1)Cc1ccccc1. The molecule has 2 aromatic carbocycles. The predicted molar refractivity (Wildman–Crippen MR) is 115 cm³/mol.